The average Bonchev–Trinajstić information content (AvgIpc) is 3.10. The van der Waals surface area contributed by atoms with Crippen molar-refractivity contribution in [2.45, 2.75) is 63.3 Å². The van der Waals surface area contributed by atoms with Crippen molar-refractivity contribution in [1.29, 1.82) is 0 Å². The fourth-order valence-electron chi connectivity index (χ4n) is 5.76. The highest BCUT2D eigenvalue weighted by Gasteiger charge is 2.36. The summed E-state index contributed by atoms with van der Waals surface area (Å²) < 4.78 is 0. The highest BCUT2D eigenvalue weighted by Crippen LogP contribution is 2.22. The summed E-state index contributed by atoms with van der Waals surface area (Å²) in [5.41, 5.74) is 3.78. The van der Waals surface area contributed by atoms with E-state index in [9.17, 15) is 19.5 Å². The van der Waals surface area contributed by atoms with E-state index in [1.54, 1.807) is 25.1 Å². The predicted molar refractivity (Wildman–Crippen MR) is 193 cm³/mol. The number of aliphatic hydroxyl groups excluding tert-OH is 1. The van der Waals surface area contributed by atoms with Crippen LogP contribution in [0.1, 0.15) is 44.2 Å². The number of hydrogen-bond acceptors (Lipinski definition) is 5. The minimum absolute atomic E-state index is 0.191. The van der Waals surface area contributed by atoms with Gasteiger partial charge in [-0.1, -0.05) is 103 Å². The van der Waals surface area contributed by atoms with Crippen molar-refractivity contribution >= 4 is 23.8 Å². The van der Waals surface area contributed by atoms with Crippen molar-refractivity contribution in [3.05, 3.63) is 114 Å². The minimum atomic E-state index is -0.976. The van der Waals surface area contributed by atoms with Crippen molar-refractivity contribution in [2.24, 2.45) is 0 Å². The molecule has 0 radical (unpaired) electrons. The molecule has 254 valence electrons. The maximum Gasteiger partial charge on any atom is 0.249 e. The van der Waals surface area contributed by atoms with Gasteiger partial charge >= 0.3 is 0 Å². The third-order valence-corrected chi connectivity index (χ3v) is 9.15. The molecule has 2 N–H and O–H groups in total. The predicted octanol–water partition coefficient (Wildman–Crippen LogP) is 5.19. The van der Waals surface area contributed by atoms with Crippen molar-refractivity contribution in [1.82, 2.24) is 20.0 Å². The Labute approximate surface area is 285 Å². The van der Waals surface area contributed by atoms with Crippen LogP contribution in [0.15, 0.2) is 103 Å². The molecular formula is C40H50N4O4. The quantitative estimate of drug-likeness (QED) is 0.249. The molecule has 0 spiro atoms. The maximum absolute atomic E-state index is 14.4. The molecule has 1 aliphatic heterocycles. The number of carbonyl (C=O) groups is 3. The summed E-state index contributed by atoms with van der Waals surface area (Å²) in [6.07, 6.45) is 8.58. The van der Waals surface area contributed by atoms with E-state index in [4.69, 9.17) is 0 Å². The molecule has 1 unspecified atom stereocenters. The topological polar surface area (TPSA) is 93.2 Å². The Balaban J connectivity index is 1.64. The molecule has 3 aromatic carbocycles. The Morgan fingerprint density at radius 3 is 2.19 bits per heavy atom. The number of benzene rings is 3. The Bertz CT molecular complexity index is 1550. The van der Waals surface area contributed by atoms with Crippen LogP contribution in [0.2, 0.25) is 0 Å². The van der Waals surface area contributed by atoms with Crippen LogP contribution < -0.4 is 5.32 Å². The fourth-order valence-corrected chi connectivity index (χ4v) is 5.76. The molecule has 1 aliphatic rings. The van der Waals surface area contributed by atoms with Gasteiger partial charge in [0, 0.05) is 39.1 Å². The number of likely N-dealkylation sites (N-methyl/N-ethyl adjacent to an activating group) is 2. The number of hydrogen-bond donors (Lipinski definition) is 2. The maximum atomic E-state index is 14.4. The number of likely N-dealkylation sites (tertiary alicyclic amines) is 1. The van der Waals surface area contributed by atoms with E-state index < -0.39 is 18.2 Å². The zero-order chi connectivity index (χ0) is 34.7. The Hall–Kier alpha value is -4.53. The largest absolute Gasteiger partial charge is 0.391 e. The van der Waals surface area contributed by atoms with Crippen molar-refractivity contribution in [3.63, 3.8) is 0 Å². The highest BCUT2D eigenvalue weighted by molar-refractivity contribution is 5.96. The second kappa shape index (κ2) is 17.0. The van der Waals surface area contributed by atoms with E-state index in [0.29, 0.717) is 32.2 Å². The first-order valence-electron chi connectivity index (χ1n) is 16.7. The van der Waals surface area contributed by atoms with Gasteiger partial charge in [0.2, 0.25) is 17.7 Å². The van der Waals surface area contributed by atoms with E-state index in [2.05, 4.69) is 17.4 Å². The summed E-state index contributed by atoms with van der Waals surface area (Å²) in [4.78, 5) is 46.5. The first-order valence-corrected chi connectivity index (χ1v) is 16.7. The van der Waals surface area contributed by atoms with Gasteiger partial charge in [0.1, 0.15) is 12.1 Å². The monoisotopic (exact) mass is 650 g/mol. The van der Waals surface area contributed by atoms with E-state index in [-0.39, 0.29) is 29.8 Å². The number of nitrogens with zero attached hydrogens (tertiary/aromatic N) is 3. The summed E-state index contributed by atoms with van der Waals surface area (Å²) >= 11 is 0. The van der Waals surface area contributed by atoms with Gasteiger partial charge in [-0.3, -0.25) is 14.4 Å². The SMILES string of the molecule is CNC(C)(C)C/C=C/C(=O)N(C)[C@H](/C=C/c1ccc(-c2ccccc2)cc1)C(=O)N(C)[C@H](Cc1ccccc1)C(=O)N1CCCC(O)C1. The van der Waals surface area contributed by atoms with Crippen LogP contribution in [-0.2, 0) is 20.8 Å². The van der Waals surface area contributed by atoms with Gasteiger partial charge in [-0.25, -0.2) is 0 Å². The smallest absolute Gasteiger partial charge is 0.249 e. The molecule has 8 heteroatoms. The Kier molecular flexibility index (Phi) is 12.9. The molecule has 1 fully saturated rings. The van der Waals surface area contributed by atoms with Crippen molar-refractivity contribution < 1.29 is 19.5 Å². The second-order valence-corrected chi connectivity index (χ2v) is 13.2. The lowest BCUT2D eigenvalue weighted by Gasteiger charge is -2.37. The molecule has 3 aromatic rings. The first-order chi connectivity index (χ1) is 23.0. The van der Waals surface area contributed by atoms with Crippen molar-refractivity contribution in [3.8, 4) is 11.1 Å². The molecule has 48 heavy (non-hydrogen) atoms. The highest BCUT2D eigenvalue weighted by atomic mass is 16.3. The summed E-state index contributed by atoms with van der Waals surface area (Å²) in [6, 6.07) is 25.9. The number of amides is 3. The molecule has 3 amide bonds. The summed E-state index contributed by atoms with van der Waals surface area (Å²) in [6.45, 7) is 4.85. The summed E-state index contributed by atoms with van der Waals surface area (Å²) in [5, 5.41) is 13.6. The van der Waals surface area contributed by atoms with E-state index in [1.807, 2.05) is 106 Å². The number of rotatable bonds is 13. The van der Waals surface area contributed by atoms with Gasteiger partial charge in [0.25, 0.3) is 0 Å². The minimum Gasteiger partial charge on any atom is -0.391 e. The number of carbonyl (C=O) groups excluding carboxylic acids is 3. The molecular weight excluding hydrogens is 600 g/mol. The number of β-amino-alcohol motifs (C(OH)–C–C–N with tert-alkyl or cyclic N) is 1. The van der Waals surface area contributed by atoms with Crippen LogP contribution in [-0.4, -0.2) is 95.5 Å². The lowest BCUT2D eigenvalue weighted by molar-refractivity contribution is -0.149. The Morgan fingerprint density at radius 2 is 1.56 bits per heavy atom. The third kappa shape index (κ3) is 9.99. The van der Waals surface area contributed by atoms with Gasteiger partial charge in [-0.2, -0.15) is 0 Å². The number of nitrogens with one attached hydrogen (secondary N) is 1. The number of aliphatic hydroxyl groups is 1. The van der Waals surface area contributed by atoms with Gasteiger partial charge in [0.15, 0.2) is 0 Å². The van der Waals surface area contributed by atoms with E-state index >= 15 is 0 Å². The van der Waals surface area contributed by atoms with Crippen LogP contribution >= 0.6 is 0 Å². The molecule has 0 aliphatic carbocycles. The molecule has 1 saturated heterocycles. The normalized spacial score (nSPS) is 16.5. The second-order valence-electron chi connectivity index (χ2n) is 13.2. The molecule has 0 bridgehead atoms. The molecule has 0 aromatic heterocycles. The zero-order valence-electron chi connectivity index (χ0n) is 28.9. The third-order valence-electron chi connectivity index (χ3n) is 9.15. The van der Waals surface area contributed by atoms with Crippen LogP contribution in [0.4, 0.5) is 0 Å². The van der Waals surface area contributed by atoms with E-state index in [1.165, 1.54) is 15.9 Å². The van der Waals surface area contributed by atoms with Crippen LogP contribution in [0.3, 0.4) is 0 Å². The molecule has 0 saturated carbocycles. The van der Waals surface area contributed by atoms with E-state index in [0.717, 1.165) is 22.3 Å². The molecule has 1 heterocycles. The summed E-state index contributed by atoms with van der Waals surface area (Å²) in [5.74, 6) is -0.905. The van der Waals surface area contributed by atoms with Crippen LogP contribution in [0.25, 0.3) is 17.2 Å². The van der Waals surface area contributed by atoms with Gasteiger partial charge in [0.05, 0.1) is 6.10 Å². The van der Waals surface area contributed by atoms with Crippen molar-refractivity contribution in [2.75, 3.05) is 34.2 Å². The molecule has 4 rings (SSSR count). The summed E-state index contributed by atoms with van der Waals surface area (Å²) in [7, 11) is 5.12. The number of piperidine rings is 1. The van der Waals surface area contributed by atoms with Gasteiger partial charge in [-0.05, 0) is 68.5 Å². The van der Waals surface area contributed by atoms with Crippen LogP contribution in [0.5, 0.6) is 0 Å². The lowest BCUT2D eigenvalue weighted by Crippen LogP contribution is -2.57. The molecule has 3 atom stereocenters. The van der Waals surface area contributed by atoms with Gasteiger partial charge < -0.3 is 25.1 Å². The van der Waals surface area contributed by atoms with Crippen LogP contribution in [0, 0.1) is 0 Å². The average molecular weight is 651 g/mol. The lowest BCUT2D eigenvalue weighted by atomic mass is 10.00. The fraction of sp³-hybridized carbons (Fsp3) is 0.375. The first kappa shape index (κ1) is 36.3. The Morgan fingerprint density at radius 1 is 0.938 bits per heavy atom. The molecule has 8 nitrogen and oxygen atoms in total. The zero-order valence-corrected chi connectivity index (χ0v) is 28.9. The standard InChI is InChI=1S/C40H50N4O4/c1-40(2,41-3)26-12-19-37(46)42(4)35(25-22-30-20-23-33(24-21-30)32-16-10-7-11-17-32)38(47)43(5)36(28-31-14-8-6-9-15-31)39(48)44-27-13-18-34(45)29-44/h6-12,14-17,19-25,34-36,41,45H,13,18,26-29H2,1-5H3/b19-12+,25-22+/t34?,35-,36-/m1/s1. The van der Waals surface area contributed by atoms with Gasteiger partial charge in [-0.15, -0.1) is 0 Å².